The van der Waals surface area contributed by atoms with Crippen LogP contribution in [0.5, 0.6) is 5.88 Å². The Morgan fingerprint density at radius 3 is 2.39 bits per heavy atom. The number of carbonyl (C=O) groups excluding carboxylic acids is 1. The Hall–Kier alpha value is -2.43. The molecule has 122 valence electrons. The lowest BCUT2D eigenvalue weighted by Crippen LogP contribution is -2.14. The largest absolute Gasteiger partial charge is 0.515 e. The van der Waals surface area contributed by atoms with Crippen LogP contribution >= 0.6 is 0 Å². The first-order chi connectivity index (χ1) is 11.0. The van der Waals surface area contributed by atoms with E-state index in [9.17, 15) is 4.79 Å². The quantitative estimate of drug-likeness (QED) is 0.764. The van der Waals surface area contributed by atoms with Gasteiger partial charge >= 0.3 is 6.16 Å². The van der Waals surface area contributed by atoms with Crippen molar-refractivity contribution in [1.29, 1.82) is 0 Å². The van der Waals surface area contributed by atoms with Crippen LogP contribution in [0.15, 0.2) is 36.5 Å². The zero-order chi connectivity index (χ0) is 16.8. The van der Waals surface area contributed by atoms with Gasteiger partial charge in [0.2, 0.25) is 5.88 Å². The van der Waals surface area contributed by atoms with Gasteiger partial charge in [-0.25, -0.2) is 9.78 Å². The monoisotopic (exact) mass is 314 g/mol. The molecule has 0 radical (unpaired) electrons. The second-order valence-corrected chi connectivity index (χ2v) is 5.92. The van der Waals surface area contributed by atoms with Crippen LogP contribution in [0.25, 0.3) is 0 Å². The van der Waals surface area contributed by atoms with Crippen molar-refractivity contribution >= 4 is 6.16 Å². The van der Waals surface area contributed by atoms with Crippen LogP contribution in [-0.2, 0) is 11.3 Å². The van der Waals surface area contributed by atoms with E-state index in [4.69, 9.17) is 9.47 Å². The second kappa shape index (κ2) is 7.72. The molecule has 0 amide bonds. The molecule has 0 aliphatic rings. The first kappa shape index (κ1) is 16.9. The Balaban J connectivity index is 2.08. The summed E-state index contributed by atoms with van der Waals surface area (Å²) in [7, 11) is 0. The van der Waals surface area contributed by atoms with Crippen molar-refractivity contribution in [1.82, 2.24) is 9.97 Å². The van der Waals surface area contributed by atoms with Gasteiger partial charge in [-0.1, -0.05) is 58.0 Å². The summed E-state index contributed by atoms with van der Waals surface area (Å²) in [6.45, 7) is 8.13. The SMILES string of the molecule is CC(C)c1cnc(C(C)C)c(OC(=O)OCc2ccccc2)n1. The Bertz CT molecular complexity index is 655. The fourth-order valence-electron chi connectivity index (χ4n) is 1.97. The van der Waals surface area contributed by atoms with E-state index < -0.39 is 6.16 Å². The molecule has 0 aliphatic heterocycles. The van der Waals surface area contributed by atoms with Gasteiger partial charge in [-0.2, -0.15) is 0 Å². The standard InChI is InChI=1S/C18H22N2O3/c1-12(2)15-10-19-16(13(3)4)17(20-15)23-18(21)22-11-14-8-6-5-7-9-14/h5-10,12-13H,11H2,1-4H3. The van der Waals surface area contributed by atoms with E-state index in [1.807, 2.05) is 58.0 Å². The lowest BCUT2D eigenvalue weighted by molar-refractivity contribution is 0.0905. The van der Waals surface area contributed by atoms with Gasteiger partial charge in [-0.3, -0.25) is 4.98 Å². The first-order valence-electron chi connectivity index (χ1n) is 7.72. The number of aromatic nitrogens is 2. The summed E-state index contributed by atoms with van der Waals surface area (Å²) in [5.41, 5.74) is 2.32. The number of hydrogen-bond acceptors (Lipinski definition) is 5. The Kier molecular flexibility index (Phi) is 5.68. The summed E-state index contributed by atoms with van der Waals surface area (Å²) in [5.74, 6) is 0.524. The van der Waals surface area contributed by atoms with Gasteiger partial charge in [0.15, 0.2) is 0 Å². The van der Waals surface area contributed by atoms with Gasteiger partial charge in [0.25, 0.3) is 0 Å². The molecule has 0 unspecified atom stereocenters. The maximum absolute atomic E-state index is 11.9. The Morgan fingerprint density at radius 1 is 1.09 bits per heavy atom. The molecule has 0 saturated carbocycles. The molecule has 0 spiro atoms. The molecule has 5 heteroatoms. The molecule has 1 heterocycles. The molecule has 0 N–H and O–H groups in total. The molecule has 0 bridgehead atoms. The molecule has 2 aromatic rings. The van der Waals surface area contributed by atoms with Crippen molar-refractivity contribution < 1.29 is 14.3 Å². The van der Waals surface area contributed by atoms with Gasteiger partial charge in [0.05, 0.1) is 5.69 Å². The molecule has 0 saturated heterocycles. The van der Waals surface area contributed by atoms with Crippen LogP contribution in [0, 0.1) is 0 Å². The summed E-state index contributed by atoms with van der Waals surface area (Å²) < 4.78 is 10.4. The zero-order valence-corrected chi connectivity index (χ0v) is 13.9. The zero-order valence-electron chi connectivity index (χ0n) is 13.9. The second-order valence-electron chi connectivity index (χ2n) is 5.92. The summed E-state index contributed by atoms with van der Waals surface area (Å²) in [5, 5.41) is 0. The topological polar surface area (TPSA) is 61.3 Å². The maximum atomic E-state index is 11.9. The van der Waals surface area contributed by atoms with Gasteiger partial charge < -0.3 is 9.47 Å². The molecule has 1 aromatic carbocycles. The van der Waals surface area contributed by atoms with Gasteiger partial charge in [-0.05, 0) is 11.5 Å². The van der Waals surface area contributed by atoms with E-state index in [1.54, 1.807) is 6.20 Å². The summed E-state index contributed by atoms with van der Waals surface area (Å²) in [6.07, 6.45) is 0.952. The molecule has 0 atom stereocenters. The van der Waals surface area contributed by atoms with Crippen LogP contribution in [-0.4, -0.2) is 16.1 Å². The molecule has 0 fully saturated rings. The molecule has 1 aromatic heterocycles. The van der Waals surface area contributed by atoms with Crippen molar-refractivity contribution in [2.24, 2.45) is 0 Å². The Labute approximate surface area is 136 Å². The van der Waals surface area contributed by atoms with E-state index in [0.717, 1.165) is 11.3 Å². The van der Waals surface area contributed by atoms with E-state index >= 15 is 0 Å². The average molecular weight is 314 g/mol. The third kappa shape index (κ3) is 4.77. The maximum Gasteiger partial charge on any atom is 0.515 e. The number of ether oxygens (including phenoxy) is 2. The van der Waals surface area contributed by atoms with Crippen molar-refractivity contribution in [3.8, 4) is 5.88 Å². The summed E-state index contributed by atoms with van der Waals surface area (Å²) >= 11 is 0. The van der Waals surface area contributed by atoms with Crippen molar-refractivity contribution in [2.45, 2.75) is 46.1 Å². The fraction of sp³-hybridized carbons (Fsp3) is 0.389. The molecule has 5 nitrogen and oxygen atoms in total. The molecule has 0 aliphatic carbocycles. The van der Waals surface area contributed by atoms with Crippen LogP contribution in [0.4, 0.5) is 4.79 Å². The van der Waals surface area contributed by atoms with Crippen molar-refractivity contribution in [3.63, 3.8) is 0 Å². The molecule has 2 rings (SSSR count). The number of benzene rings is 1. The molecular formula is C18H22N2O3. The molecular weight excluding hydrogens is 292 g/mol. The van der Waals surface area contributed by atoms with Crippen LogP contribution in [0.3, 0.4) is 0 Å². The first-order valence-corrected chi connectivity index (χ1v) is 7.72. The number of rotatable bonds is 5. The third-order valence-corrected chi connectivity index (χ3v) is 3.30. The van der Waals surface area contributed by atoms with Crippen LogP contribution < -0.4 is 4.74 Å². The highest BCUT2D eigenvalue weighted by molar-refractivity contribution is 5.63. The predicted molar refractivity (Wildman–Crippen MR) is 87.5 cm³/mol. The van der Waals surface area contributed by atoms with E-state index in [1.165, 1.54) is 0 Å². The smallest absolute Gasteiger partial charge is 0.429 e. The highest BCUT2D eigenvalue weighted by Crippen LogP contribution is 2.24. The average Bonchev–Trinajstić information content (AvgIpc) is 2.53. The lowest BCUT2D eigenvalue weighted by Gasteiger charge is -2.13. The number of hydrogen-bond donors (Lipinski definition) is 0. The minimum Gasteiger partial charge on any atom is -0.429 e. The van der Waals surface area contributed by atoms with Gasteiger partial charge in [0, 0.05) is 12.1 Å². The lowest BCUT2D eigenvalue weighted by atomic mass is 10.1. The minimum absolute atomic E-state index is 0.0978. The number of nitrogens with zero attached hydrogens (tertiary/aromatic N) is 2. The predicted octanol–water partition coefficient (Wildman–Crippen LogP) is 4.44. The minimum atomic E-state index is -0.772. The third-order valence-electron chi connectivity index (χ3n) is 3.30. The number of carbonyl (C=O) groups is 1. The highest BCUT2D eigenvalue weighted by Gasteiger charge is 2.18. The van der Waals surface area contributed by atoms with Crippen LogP contribution in [0.1, 0.15) is 56.5 Å². The van der Waals surface area contributed by atoms with Gasteiger partial charge in [0.1, 0.15) is 12.3 Å². The Morgan fingerprint density at radius 2 is 1.78 bits per heavy atom. The van der Waals surface area contributed by atoms with Crippen molar-refractivity contribution in [3.05, 3.63) is 53.5 Å². The molecule has 23 heavy (non-hydrogen) atoms. The van der Waals surface area contributed by atoms with Gasteiger partial charge in [-0.15, -0.1) is 0 Å². The fourth-order valence-corrected chi connectivity index (χ4v) is 1.97. The normalized spacial score (nSPS) is 10.9. The summed E-state index contributed by atoms with van der Waals surface area (Å²) in [6, 6.07) is 9.44. The highest BCUT2D eigenvalue weighted by atomic mass is 16.7. The summed E-state index contributed by atoms with van der Waals surface area (Å²) in [4.78, 5) is 20.7. The van der Waals surface area contributed by atoms with E-state index in [-0.39, 0.29) is 24.3 Å². The van der Waals surface area contributed by atoms with E-state index in [2.05, 4.69) is 9.97 Å². The van der Waals surface area contributed by atoms with E-state index in [0.29, 0.717) is 5.69 Å². The van der Waals surface area contributed by atoms with Crippen LogP contribution in [0.2, 0.25) is 0 Å². The van der Waals surface area contributed by atoms with Crippen molar-refractivity contribution in [2.75, 3.05) is 0 Å².